The summed E-state index contributed by atoms with van der Waals surface area (Å²) in [6, 6.07) is 16.1. The van der Waals surface area contributed by atoms with Gasteiger partial charge in [0, 0.05) is 31.4 Å². The number of nitrogens with one attached hydrogen (secondary N) is 1. The molecule has 1 aromatic heterocycles. The highest BCUT2D eigenvalue weighted by atomic mass is 19.1. The lowest BCUT2D eigenvalue weighted by Crippen LogP contribution is -2.46. The van der Waals surface area contributed by atoms with Gasteiger partial charge in [0.25, 0.3) is 5.56 Å². The molecule has 0 aliphatic carbocycles. The number of nitrogens with zero attached hydrogens (tertiary/aromatic N) is 2. The maximum absolute atomic E-state index is 13.4. The predicted octanol–water partition coefficient (Wildman–Crippen LogP) is 4.99. The van der Waals surface area contributed by atoms with E-state index < -0.39 is 5.41 Å². The highest BCUT2D eigenvalue weighted by molar-refractivity contribution is 5.79. The SMILES string of the molecule is CCOC(=O)C1(CCCn2c(=O)ccc3ccc(C)cc32)CCN(CCNc2cccc(F)c2)CC1. The monoisotopic (exact) mass is 493 g/mol. The van der Waals surface area contributed by atoms with Gasteiger partial charge >= 0.3 is 5.97 Å². The zero-order valence-electron chi connectivity index (χ0n) is 21.3. The fourth-order valence-electron chi connectivity index (χ4n) is 5.21. The summed E-state index contributed by atoms with van der Waals surface area (Å²) in [6.07, 6.45) is 2.88. The lowest BCUT2D eigenvalue weighted by Gasteiger charge is -2.40. The molecule has 6 nitrogen and oxygen atoms in total. The molecule has 0 unspecified atom stereocenters. The van der Waals surface area contributed by atoms with E-state index in [0.717, 1.165) is 61.1 Å². The van der Waals surface area contributed by atoms with Gasteiger partial charge in [-0.15, -0.1) is 0 Å². The third-order valence-corrected chi connectivity index (χ3v) is 7.29. The van der Waals surface area contributed by atoms with E-state index in [1.54, 1.807) is 12.1 Å². The van der Waals surface area contributed by atoms with Crippen molar-refractivity contribution in [3.63, 3.8) is 0 Å². The molecule has 3 aromatic rings. The van der Waals surface area contributed by atoms with Crippen LogP contribution in [-0.2, 0) is 16.1 Å². The van der Waals surface area contributed by atoms with Crippen molar-refractivity contribution >= 4 is 22.6 Å². The van der Waals surface area contributed by atoms with Crippen LogP contribution in [0.5, 0.6) is 0 Å². The molecule has 1 saturated heterocycles. The predicted molar refractivity (Wildman–Crippen MR) is 142 cm³/mol. The van der Waals surface area contributed by atoms with Crippen LogP contribution in [0, 0.1) is 18.2 Å². The Morgan fingerprint density at radius 1 is 1.08 bits per heavy atom. The second kappa shape index (κ2) is 11.7. The van der Waals surface area contributed by atoms with Crippen molar-refractivity contribution in [3.8, 4) is 0 Å². The van der Waals surface area contributed by atoms with Crippen LogP contribution in [0.25, 0.3) is 10.9 Å². The Bertz CT molecular complexity index is 1250. The lowest BCUT2D eigenvalue weighted by molar-refractivity contribution is -0.159. The van der Waals surface area contributed by atoms with E-state index in [0.29, 0.717) is 26.1 Å². The third-order valence-electron chi connectivity index (χ3n) is 7.29. The van der Waals surface area contributed by atoms with Crippen molar-refractivity contribution in [2.45, 2.75) is 46.1 Å². The molecule has 0 radical (unpaired) electrons. The van der Waals surface area contributed by atoms with Gasteiger partial charge in [-0.05, 0) is 93.9 Å². The summed E-state index contributed by atoms with van der Waals surface area (Å²) in [5.74, 6) is -0.373. The normalized spacial score (nSPS) is 15.6. The van der Waals surface area contributed by atoms with E-state index in [4.69, 9.17) is 4.74 Å². The van der Waals surface area contributed by atoms with Gasteiger partial charge in [0.2, 0.25) is 0 Å². The summed E-state index contributed by atoms with van der Waals surface area (Å²) < 4.78 is 20.7. The Morgan fingerprint density at radius 3 is 2.61 bits per heavy atom. The largest absolute Gasteiger partial charge is 0.466 e. The highest BCUT2D eigenvalue weighted by Gasteiger charge is 2.42. The van der Waals surface area contributed by atoms with Gasteiger partial charge in [0.1, 0.15) is 5.82 Å². The Morgan fingerprint density at radius 2 is 1.86 bits per heavy atom. The molecule has 7 heteroatoms. The van der Waals surface area contributed by atoms with Gasteiger partial charge in [0.15, 0.2) is 0 Å². The van der Waals surface area contributed by atoms with Crippen molar-refractivity contribution in [1.82, 2.24) is 9.47 Å². The van der Waals surface area contributed by atoms with Gasteiger partial charge < -0.3 is 19.5 Å². The van der Waals surface area contributed by atoms with E-state index in [1.165, 1.54) is 12.1 Å². The van der Waals surface area contributed by atoms with E-state index in [9.17, 15) is 14.0 Å². The Balaban J connectivity index is 1.37. The average Bonchev–Trinajstić information content (AvgIpc) is 2.86. The molecule has 1 N–H and O–H groups in total. The number of esters is 1. The Kier molecular flexibility index (Phi) is 8.41. The molecule has 2 aromatic carbocycles. The molecule has 1 aliphatic rings. The molecule has 0 atom stereocenters. The first-order valence-electron chi connectivity index (χ1n) is 12.9. The summed E-state index contributed by atoms with van der Waals surface area (Å²) in [4.78, 5) is 28.0. The van der Waals surface area contributed by atoms with Crippen LogP contribution < -0.4 is 10.9 Å². The summed E-state index contributed by atoms with van der Waals surface area (Å²) in [6.45, 7) is 7.94. The number of likely N-dealkylation sites (tertiary alicyclic amines) is 1. The van der Waals surface area contributed by atoms with Crippen molar-refractivity contribution < 1.29 is 13.9 Å². The van der Waals surface area contributed by atoms with Crippen molar-refractivity contribution in [3.05, 3.63) is 76.3 Å². The van der Waals surface area contributed by atoms with Crippen LogP contribution in [0.3, 0.4) is 0 Å². The number of anilines is 1. The van der Waals surface area contributed by atoms with Gasteiger partial charge in [-0.3, -0.25) is 9.59 Å². The van der Waals surface area contributed by atoms with Gasteiger partial charge in [-0.25, -0.2) is 4.39 Å². The van der Waals surface area contributed by atoms with Crippen LogP contribution >= 0.6 is 0 Å². The number of piperidine rings is 1. The maximum Gasteiger partial charge on any atom is 0.312 e. The summed E-state index contributed by atoms with van der Waals surface area (Å²) in [5, 5.41) is 4.31. The summed E-state index contributed by atoms with van der Waals surface area (Å²) >= 11 is 0. The lowest BCUT2D eigenvalue weighted by atomic mass is 9.74. The van der Waals surface area contributed by atoms with Crippen molar-refractivity contribution in [2.24, 2.45) is 5.41 Å². The van der Waals surface area contributed by atoms with Crippen molar-refractivity contribution in [2.75, 3.05) is 38.1 Å². The van der Waals surface area contributed by atoms with Crippen molar-refractivity contribution in [1.29, 1.82) is 0 Å². The molecule has 2 heterocycles. The minimum absolute atomic E-state index is 0.0149. The smallest absolute Gasteiger partial charge is 0.312 e. The number of benzene rings is 2. The first-order valence-corrected chi connectivity index (χ1v) is 12.9. The fraction of sp³-hybridized carbons (Fsp3) is 0.448. The zero-order chi connectivity index (χ0) is 25.5. The quantitative estimate of drug-likeness (QED) is 0.403. The molecule has 1 aliphatic heterocycles. The number of aromatic nitrogens is 1. The minimum Gasteiger partial charge on any atom is -0.466 e. The number of hydrogen-bond donors (Lipinski definition) is 1. The number of carbonyl (C=O) groups is 1. The fourth-order valence-corrected chi connectivity index (χ4v) is 5.21. The van der Waals surface area contributed by atoms with Gasteiger partial charge in [0.05, 0.1) is 17.5 Å². The Hall–Kier alpha value is -3.19. The molecule has 0 saturated carbocycles. The van der Waals surface area contributed by atoms with E-state index in [2.05, 4.69) is 10.2 Å². The molecular formula is C29H36FN3O3. The zero-order valence-corrected chi connectivity index (χ0v) is 21.3. The number of ether oxygens (including phenoxy) is 1. The van der Waals surface area contributed by atoms with Crippen LogP contribution in [0.2, 0.25) is 0 Å². The van der Waals surface area contributed by atoms with Crippen LogP contribution in [-0.4, -0.2) is 48.2 Å². The maximum atomic E-state index is 13.4. The second-order valence-electron chi connectivity index (χ2n) is 9.77. The molecular weight excluding hydrogens is 457 g/mol. The molecule has 4 rings (SSSR count). The number of fused-ring (bicyclic) bond motifs is 1. The second-order valence-corrected chi connectivity index (χ2v) is 9.77. The van der Waals surface area contributed by atoms with E-state index in [1.807, 2.05) is 48.7 Å². The summed E-state index contributed by atoms with van der Waals surface area (Å²) in [7, 11) is 0. The number of halogens is 1. The average molecular weight is 494 g/mol. The third kappa shape index (κ3) is 6.13. The molecule has 192 valence electrons. The van der Waals surface area contributed by atoms with E-state index in [-0.39, 0.29) is 17.3 Å². The molecule has 1 fully saturated rings. The first kappa shape index (κ1) is 25.9. The van der Waals surface area contributed by atoms with E-state index >= 15 is 0 Å². The standard InChI is InChI=1S/C29H36FN3O3/c1-3-36-28(35)29(12-5-16-33-26-20-22(2)8-9-23(26)10-11-27(33)34)13-17-32(18-14-29)19-15-31-25-7-4-6-24(30)21-25/h4,6-11,20-21,31H,3,5,12-19H2,1-2H3. The number of pyridine rings is 1. The number of hydrogen-bond acceptors (Lipinski definition) is 5. The van der Waals surface area contributed by atoms with Gasteiger partial charge in [-0.1, -0.05) is 18.2 Å². The number of rotatable bonds is 10. The first-order chi connectivity index (χ1) is 17.4. The number of aryl methyl sites for hydroxylation is 2. The summed E-state index contributed by atoms with van der Waals surface area (Å²) in [5.41, 5.74) is 2.29. The minimum atomic E-state index is -0.521. The highest BCUT2D eigenvalue weighted by Crippen LogP contribution is 2.38. The van der Waals surface area contributed by atoms with Crippen LogP contribution in [0.1, 0.15) is 38.2 Å². The van der Waals surface area contributed by atoms with Crippen LogP contribution in [0.15, 0.2) is 59.4 Å². The van der Waals surface area contributed by atoms with Crippen LogP contribution in [0.4, 0.5) is 10.1 Å². The molecule has 0 spiro atoms. The number of carbonyl (C=O) groups excluding carboxylic acids is 1. The molecule has 36 heavy (non-hydrogen) atoms. The Labute approximate surface area is 212 Å². The molecule has 0 bridgehead atoms. The topological polar surface area (TPSA) is 63.6 Å². The molecule has 0 amide bonds. The van der Waals surface area contributed by atoms with Gasteiger partial charge in [-0.2, -0.15) is 0 Å².